The number of carbonyl (C=O) groups excluding carboxylic acids is 1. The Morgan fingerprint density at radius 2 is 2.18 bits per heavy atom. The third-order valence-corrected chi connectivity index (χ3v) is 5.09. The Kier molecular flexibility index (Phi) is 4.80. The van der Waals surface area contributed by atoms with Crippen molar-refractivity contribution in [2.24, 2.45) is 17.6 Å². The predicted octanol–water partition coefficient (Wildman–Crippen LogP) is 2.20. The summed E-state index contributed by atoms with van der Waals surface area (Å²) in [4.78, 5) is 20.8. The number of pyridine rings is 1. The Bertz CT molecular complexity index is 628. The quantitative estimate of drug-likeness (QED) is 0.886. The fourth-order valence-electron chi connectivity index (χ4n) is 3.01. The Morgan fingerprint density at radius 1 is 1.36 bits per heavy atom. The predicted molar refractivity (Wildman–Crippen MR) is 87.1 cm³/mol. The number of hydrogen-bond donors (Lipinski definition) is 2. The van der Waals surface area contributed by atoms with E-state index in [0.717, 1.165) is 35.5 Å². The van der Waals surface area contributed by atoms with Crippen LogP contribution in [0.15, 0.2) is 29.9 Å². The highest BCUT2D eigenvalue weighted by Gasteiger charge is 2.31. The zero-order chi connectivity index (χ0) is 15.4. The number of nitrogens with zero attached hydrogens (tertiary/aromatic N) is 2. The van der Waals surface area contributed by atoms with E-state index in [1.807, 2.05) is 17.5 Å². The molecule has 0 aromatic carbocycles. The first-order valence-corrected chi connectivity index (χ1v) is 8.48. The van der Waals surface area contributed by atoms with Gasteiger partial charge in [-0.1, -0.05) is 6.42 Å². The third-order valence-electron chi connectivity index (χ3n) is 4.24. The fraction of sp³-hybridized carbons (Fsp3) is 0.438. The van der Waals surface area contributed by atoms with Gasteiger partial charge in [0.05, 0.1) is 12.2 Å². The highest BCUT2D eigenvalue weighted by Crippen LogP contribution is 2.31. The molecule has 1 fully saturated rings. The van der Waals surface area contributed by atoms with Gasteiger partial charge in [-0.25, -0.2) is 4.98 Å². The first-order chi connectivity index (χ1) is 10.8. The minimum Gasteiger partial charge on any atom is -0.349 e. The van der Waals surface area contributed by atoms with Crippen LogP contribution >= 0.6 is 11.3 Å². The molecule has 1 aliphatic rings. The maximum absolute atomic E-state index is 12.3. The molecule has 0 radical (unpaired) electrons. The molecule has 1 amide bonds. The molecular formula is C16H20N4OS. The number of thiazole rings is 1. The average Bonchev–Trinajstić information content (AvgIpc) is 3.22. The number of rotatable bonds is 5. The Hall–Kier alpha value is -1.79. The van der Waals surface area contributed by atoms with Crippen molar-refractivity contribution in [2.45, 2.75) is 25.8 Å². The summed E-state index contributed by atoms with van der Waals surface area (Å²) in [6.45, 7) is 1.09. The molecule has 0 bridgehead atoms. The summed E-state index contributed by atoms with van der Waals surface area (Å²) >= 11 is 1.56. The van der Waals surface area contributed by atoms with E-state index in [1.54, 1.807) is 23.7 Å². The lowest BCUT2D eigenvalue weighted by Crippen LogP contribution is -2.34. The van der Waals surface area contributed by atoms with Crippen LogP contribution in [0, 0.1) is 11.8 Å². The first kappa shape index (κ1) is 15.1. The lowest BCUT2D eigenvalue weighted by Gasteiger charge is -2.16. The molecule has 2 aromatic heterocycles. The molecule has 1 saturated carbocycles. The van der Waals surface area contributed by atoms with Crippen molar-refractivity contribution in [3.05, 3.63) is 34.9 Å². The summed E-state index contributed by atoms with van der Waals surface area (Å²) in [5.41, 5.74) is 7.71. The number of hydrogen-bond acceptors (Lipinski definition) is 5. The van der Waals surface area contributed by atoms with E-state index in [9.17, 15) is 4.79 Å². The molecule has 3 N–H and O–H groups in total. The van der Waals surface area contributed by atoms with Gasteiger partial charge in [0.25, 0.3) is 0 Å². The number of carbonyl (C=O) groups is 1. The van der Waals surface area contributed by atoms with E-state index in [1.165, 1.54) is 0 Å². The van der Waals surface area contributed by atoms with E-state index in [2.05, 4.69) is 15.3 Å². The highest BCUT2D eigenvalue weighted by molar-refractivity contribution is 7.09. The Morgan fingerprint density at radius 3 is 2.95 bits per heavy atom. The number of aromatic nitrogens is 2. The van der Waals surface area contributed by atoms with Crippen LogP contribution in [0.5, 0.6) is 0 Å². The SMILES string of the molecule is NC[C@H]1CCC[C@H]1C(=O)NCc1nc(-c2ccncc2)cs1. The molecule has 3 rings (SSSR count). The van der Waals surface area contributed by atoms with Crippen LogP contribution < -0.4 is 11.1 Å². The zero-order valence-corrected chi connectivity index (χ0v) is 13.2. The molecule has 2 aromatic rings. The van der Waals surface area contributed by atoms with Gasteiger partial charge in [-0.2, -0.15) is 0 Å². The molecular weight excluding hydrogens is 296 g/mol. The van der Waals surface area contributed by atoms with Gasteiger partial charge in [0.15, 0.2) is 0 Å². The van der Waals surface area contributed by atoms with Gasteiger partial charge >= 0.3 is 0 Å². The Balaban J connectivity index is 1.58. The third kappa shape index (κ3) is 3.34. The van der Waals surface area contributed by atoms with Crippen LogP contribution in [0.1, 0.15) is 24.3 Å². The molecule has 6 heteroatoms. The van der Waals surface area contributed by atoms with Crippen LogP contribution in [0.2, 0.25) is 0 Å². The molecule has 2 heterocycles. The first-order valence-electron chi connectivity index (χ1n) is 7.60. The van der Waals surface area contributed by atoms with Crippen molar-refractivity contribution in [1.82, 2.24) is 15.3 Å². The Labute approximate surface area is 134 Å². The molecule has 0 unspecified atom stereocenters. The summed E-state index contributed by atoms with van der Waals surface area (Å²) in [6.07, 6.45) is 6.63. The number of nitrogens with two attached hydrogens (primary N) is 1. The summed E-state index contributed by atoms with van der Waals surface area (Å²) in [7, 11) is 0. The van der Waals surface area contributed by atoms with Crippen molar-refractivity contribution in [1.29, 1.82) is 0 Å². The van der Waals surface area contributed by atoms with Gasteiger partial charge in [-0.05, 0) is 37.4 Å². The topological polar surface area (TPSA) is 80.9 Å². The van der Waals surface area contributed by atoms with Crippen LogP contribution in [-0.2, 0) is 11.3 Å². The van der Waals surface area contributed by atoms with Gasteiger partial charge < -0.3 is 11.1 Å². The van der Waals surface area contributed by atoms with Gasteiger partial charge in [0.1, 0.15) is 5.01 Å². The highest BCUT2D eigenvalue weighted by atomic mass is 32.1. The van der Waals surface area contributed by atoms with E-state index in [4.69, 9.17) is 5.73 Å². The van der Waals surface area contributed by atoms with Gasteiger partial charge in [0.2, 0.25) is 5.91 Å². The summed E-state index contributed by atoms with van der Waals surface area (Å²) < 4.78 is 0. The second-order valence-electron chi connectivity index (χ2n) is 5.61. The lowest BCUT2D eigenvalue weighted by atomic mass is 9.95. The fourth-order valence-corrected chi connectivity index (χ4v) is 3.75. The minimum absolute atomic E-state index is 0.0737. The molecule has 22 heavy (non-hydrogen) atoms. The molecule has 0 spiro atoms. The molecule has 1 aliphatic carbocycles. The number of amides is 1. The van der Waals surface area contributed by atoms with Crippen molar-refractivity contribution < 1.29 is 4.79 Å². The van der Waals surface area contributed by atoms with Gasteiger partial charge in [-0.15, -0.1) is 11.3 Å². The van der Waals surface area contributed by atoms with E-state index in [-0.39, 0.29) is 11.8 Å². The number of nitrogens with one attached hydrogen (secondary N) is 1. The smallest absolute Gasteiger partial charge is 0.223 e. The summed E-state index contributed by atoms with van der Waals surface area (Å²) in [6, 6.07) is 3.86. The molecule has 0 aliphatic heterocycles. The molecule has 5 nitrogen and oxygen atoms in total. The van der Waals surface area contributed by atoms with Crippen molar-refractivity contribution in [3.63, 3.8) is 0 Å². The maximum atomic E-state index is 12.3. The molecule has 0 saturated heterocycles. The summed E-state index contributed by atoms with van der Waals surface area (Å²) in [5, 5.41) is 5.94. The van der Waals surface area contributed by atoms with Gasteiger partial charge in [-0.3, -0.25) is 9.78 Å². The molecule has 116 valence electrons. The maximum Gasteiger partial charge on any atom is 0.223 e. The van der Waals surface area contributed by atoms with Crippen molar-refractivity contribution in [2.75, 3.05) is 6.54 Å². The van der Waals surface area contributed by atoms with Crippen molar-refractivity contribution in [3.8, 4) is 11.3 Å². The largest absolute Gasteiger partial charge is 0.349 e. The van der Waals surface area contributed by atoms with E-state index < -0.39 is 0 Å². The zero-order valence-electron chi connectivity index (χ0n) is 12.4. The summed E-state index contributed by atoms with van der Waals surface area (Å²) in [5.74, 6) is 0.530. The van der Waals surface area contributed by atoms with Gasteiger partial charge in [0, 0.05) is 29.3 Å². The van der Waals surface area contributed by atoms with Crippen molar-refractivity contribution >= 4 is 17.2 Å². The van der Waals surface area contributed by atoms with Crippen LogP contribution in [0.3, 0.4) is 0 Å². The minimum atomic E-state index is 0.0737. The second kappa shape index (κ2) is 6.98. The van der Waals surface area contributed by atoms with E-state index >= 15 is 0 Å². The van der Waals surface area contributed by atoms with Crippen LogP contribution in [-0.4, -0.2) is 22.4 Å². The lowest BCUT2D eigenvalue weighted by molar-refractivity contribution is -0.126. The van der Waals surface area contributed by atoms with Crippen LogP contribution in [0.25, 0.3) is 11.3 Å². The standard InChI is InChI=1S/C16H20N4OS/c17-8-12-2-1-3-13(12)16(21)19-9-15-20-14(10-22-15)11-4-6-18-7-5-11/h4-7,10,12-13H,1-3,8-9,17H2,(H,19,21)/t12-,13-/m1/s1. The normalized spacial score (nSPS) is 21.0. The second-order valence-corrected chi connectivity index (χ2v) is 6.56. The van der Waals surface area contributed by atoms with Crippen LogP contribution in [0.4, 0.5) is 0 Å². The molecule has 2 atom stereocenters. The average molecular weight is 316 g/mol. The monoisotopic (exact) mass is 316 g/mol. The van der Waals surface area contributed by atoms with E-state index in [0.29, 0.717) is 19.0 Å².